The van der Waals surface area contributed by atoms with Gasteiger partial charge in [-0.1, -0.05) is 18.2 Å². The topological polar surface area (TPSA) is 79.7 Å². The van der Waals surface area contributed by atoms with E-state index in [1.807, 2.05) is 43.3 Å². The van der Waals surface area contributed by atoms with Crippen molar-refractivity contribution in [3.05, 3.63) is 58.1 Å². The highest BCUT2D eigenvalue weighted by atomic mass is 16.6. The van der Waals surface area contributed by atoms with Crippen LogP contribution in [0.3, 0.4) is 0 Å². The molecule has 0 saturated carbocycles. The molecule has 1 fully saturated rings. The van der Waals surface area contributed by atoms with Crippen molar-refractivity contribution in [2.75, 3.05) is 43.0 Å². The molecule has 27 heavy (non-hydrogen) atoms. The number of aryl methyl sites for hydroxylation is 1. The Labute approximate surface area is 159 Å². The highest BCUT2D eigenvalue weighted by molar-refractivity contribution is 5.69. The number of nitro groups is 1. The smallest absolute Gasteiger partial charge is 0.292 e. The van der Waals surface area contributed by atoms with E-state index in [1.165, 1.54) is 0 Å². The van der Waals surface area contributed by atoms with E-state index >= 15 is 0 Å². The number of rotatable bonds is 7. The highest BCUT2D eigenvalue weighted by Crippen LogP contribution is 2.30. The summed E-state index contributed by atoms with van der Waals surface area (Å²) in [7, 11) is 0. The number of nitrogens with zero attached hydrogens (tertiary/aromatic N) is 2. The molecule has 0 unspecified atom stereocenters. The van der Waals surface area contributed by atoms with Crippen LogP contribution in [0.15, 0.2) is 42.5 Å². The summed E-state index contributed by atoms with van der Waals surface area (Å²) in [5.41, 5.74) is 2.67. The van der Waals surface area contributed by atoms with Gasteiger partial charge in [-0.25, -0.2) is 0 Å². The number of para-hydroxylation sites is 1. The van der Waals surface area contributed by atoms with Crippen LogP contribution >= 0.6 is 0 Å². The number of ether oxygens (including phenoxy) is 1. The molecule has 2 aromatic carbocycles. The van der Waals surface area contributed by atoms with Crippen molar-refractivity contribution < 1.29 is 9.66 Å². The summed E-state index contributed by atoms with van der Waals surface area (Å²) >= 11 is 0. The number of hydrogen-bond donors (Lipinski definition) is 2. The molecular formula is C20H26N4O3. The minimum atomic E-state index is -0.352. The van der Waals surface area contributed by atoms with Crippen molar-refractivity contribution in [1.29, 1.82) is 0 Å². The molecule has 1 heterocycles. The zero-order valence-electron chi connectivity index (χ0n) is 15.8. The monoisotopic (exact) mass is 370 g/mol. The molecule has 1 saturated heterocycles. The molecule has 0 radical (unpaired) electrons. The van der Waals surface area contributed by atoms with Crippen LogP contribution < -0.4 is 20.3 Å². The lowest BCUT2D eigenvalue weighted by Gasteiger charge is -2.33. The molecule has 7 nitrogen and oxygen atoms in total. The molecule has 1 atom stereocenters. The third-order valence-corrected chi connectivity index (χ3v) is 4.68. The molecule has 0 bridgehead atoms. The lowest BCUT2D eigenvalue weighted by atomic mass is 10.1. The third-order valence-electron chi connectivity index (χ3n) is 4.68. The number of nitro benzene ring substituents is 1. The van der Waals surface area contributed by atoms with Crippen molar-refractivity contribution in [1.82, 2.24) is 5.32 Å². The second-order valence-electron chi connectivity index (χ2n) is 6.80. The quantitative estimate of drug-likeness (QED) is 0.443. The van der Waals surface area contributed by atoms with Crippen LogP contribution in [-0.2, 0) is 0 Å². The molecule has 7 heteroatoms. The molecule has 3 rings (SSSR count). The van der Waals surface area contributed by atoms with E-state index in [9.17, 15) is 10.1 Å². The van der Waals surface area contributed by atoms with Gasteiger partial charge in [-0.05, 0) is 37.6 Å². The van der Waals surface area contributed by atoms with E-state index < -0.39 is 0 Å². The first kappa shape index (κ1) is 19.0. The second kappa shape index (κ2) is 8.73. The maximum atomic E-state index is 11.4. The Morgan fingerprint density at radius 1 is 1.33 bits per heavy atom. The molecule has 2 N–H and O–H groups in total. The van der Waals surface area contributed by atoms with E-state index in [-0.39, 0.29) is 10.6 Å². The predicted octanol–water partition coefficient (Wildman–Crippen LogP) is 3.19. The number of anilines is 2. The third kappa shape index (κ3) is 4.89. The number of hydrogen-bond acceptors (Lipinski definition) is 6. The summed E-state index contributed by atoms with van der Waals surface area (Å²) in [5.74, 6) is 0.831. The Morgan fingerprint density at radius 3 is 2.89 bits per heavy atom. The number of benzene rings is 2. The first-order chi connectivity index (χ1) is 13.0. The average Bonchev–Trinajstić information content (AvgIpc) is 2.66. The van der Waals surface area contributed by atoms with Crippen LogP contribution in [-0.4, -0.2) is 43.8 Å². The Balaban J connectivity index is 1.66. The van der Waals surface area contributed by atoms with Gasteiger partial charge in [0, 0.05) is 44.0 Å². The average molecular weight is 370 g/mol. The van der Waals surface area contributed by atoms with Crippen molar-refractivity contribution in [2.24, 2.45) is 0 Å². The van der Waals surface area contributed by atoms with Crippen molar-refractivity contribution in [3.8, 4) is 5.75 Å². The van der Waals surface area contributed by atoms with Gasteiger partial charge in [0.1, 0.15) is 18.0 Å². The zero-order chi connectivity index (χ0) is 19.2. The Morgan fingerprint density at radius 2 is 2.15 bits per heavy atom. The van der Waals surface area contributed by atoms with Gasteiger partial charge in [-0.3, -0.25) is 10.1 Å². The summed E-state index contributed by atoms with van der Waals surface area (Å²) in [6, 6.07) is 13.5. The molecule has 0 spiro atoms. The van der Waals surface area contributed by atoms with Crippen LogP contribution in [0.25, 0.3) is 0 Å². The highest BCUT2D eigenvalue weighted by Gasteiger charge is 2.20. The van der Waals surface area contributed by atoms with Gasteiger partial charge in [0.25, 0.3) is 5.69 Å². The Kier molecular flexibility index (Phi) is 6.13. The fourth-order valence-corrected chi connectivity index (χ4v) is 3.25. The van der Waals surface area contributed by atoms with Crippen LogP contribution in [0.1, 0.15) is 12.5 Å². The molecule has 1 aliphatic heterocycles. The summed E-state index contributed by atoms with van der Waals surface area (Å²) in [6.07, 6.45) is 0. The summed E-state index contributed by atoms with van der Waals surface area (Å²) in [4.78, 5) is 13.3. The van der Waals surface area contributed by atoms with Crippen LogP contribution in [0.4, 0.5) is 17.1 Å². The molecule has 1 aliphatic rings. The van der Waals surface area contributed by atoms with E-state index in [4.69, 9.17) is 4.74 Å². The fourth-order valence-electron chi connectivity index (χ4n) is 3.25. The normalized spacial score (nSPS) is 16.8. The maximum absolute atomic E-state index is 11.4. The Hall–Kier alpha value is -2.80. The second-order valence-corrected chi connectivity index (χ2v) is 6.80. The summed E-state index contributed by atoms with van der Waals surface area (Å²) in [6.45, 7) is 7.72. The summed E-state index contributed by atoms with van der Waals surface area (Å²) in [5, 5.41) is 17.9. The number of piperazine rings is 1. The summed E-state index contributed by atoms with van der Waals surface area (Å²) < 4.78 is 5.77. The van der Waals surface area contributed by atoms with Crippen molar-refractivity contribution >= 4 is 17.1 Å². The van der Waals surface area contributed by atoms with Crippen LogP contribution in [0, 0.1) is 17.0 Å². The van der Waals surface area contributed by atoms with E-state index in [0.29, 0.717) is 24.9 Å². The minimum Gasteiger partial charge on any atom is -0.491 e. The molecule has 2 aromatic rings. The van der Waals surface area contributed by atoms with Gasteiger partial charge in [0.2, 0.25) is 0 Å². The van der Waals surface area contributed by atoms with Gasteiger partial charge in [0.05, 0.1) is 4.92 Å². The minimum absolute atomic E-state index is 0.0813. The molecule has 144 valence electrons. The van der Waals surface area contributed by atoms with Crippen LogP contribution in [0.5, 0.6) is 5.75 Å². The van der Waals surface area contributed by atoms with Gasteiger partial charge in [0.15, 0.2) is 0 Å². The van der Waals surface area contributed by atoms with E-state index in [1.54, 1.807) is 6.07 Å². The van der Waals surface area contributed by atoms with Gasteiger partial charge in [-0.15, -0.1) is 0 Å². The van der Waals surface area contributed by atoms with Gasteiger partial charge < -0.3 is 20.3 Å². The van der Waals surface area contributed by atoms with Crippen molar-refractivity contribution in [2.45, 2.75) is 19.9 Å². The Bertz CT molecular complexity index is 797. The first-order valence-electron chi connectivity index (χ1n) is 9.23. The van der Waals surface area contributed by atoms with Gasteiger partial charge in [-0.2, -0.15) is 0 Å². The maximum Gasteiger partial charge on any atom is 0.292 e. The SMILES string of the molecule is Cc1ccccc1OCCNc1cc(N2CCN[C@@H](C)C2)ccc1[N+](=O)[O-]. The standard InChI is InChI=1S/C20H26N4O3/c1-15-5-3-4-6-20(15)27-12-10-22-18-13-17(7-8-19(18)24(25)26)23-11-9-21-16(2)14-23/h3-8,13,16,21-22H,9-12,14H2,1-2H3/t16-/m0/s1. The molecule has 0 amide bonds. The molecule has 0 aliphatic carbocycles. The molecule has 0 aromatic heterocycles. The zero-order valence-corrected chi connectivity index (χ0v) is 15.8. The fraction of sp³-hybridized carbons (Fsp3) is 0.400. The van der Waals surface area contributed by atoms with Crippen LogP contribution in [0.2, 0.25) is 0 Å². The molecular weight excluding hydrogens is 344 g/mol. The van der Waals surface area contributed by atoms with Crippen molar-refractivity contribution in [3.63, 3.8) is 0 Å². The lowest BCUT2D eigenvalue weighted by Crippen LogP contribution is -2.49. The lowest BCUT2D eigenvalue weighted by molar-refractivity contribution is -0.383. The first-order valence-corrected chi connectivity index (χ1v) is 9.23. The largest absolute Gasteiger partial charge is 0.491 e. The predicted molar refractivity (Wildman–Crippen MR) is 108 cm³/mol. The number of nitrogens with one attached hydrogen (secondary N) is 2. The van der Waals surface area contributed by atoms with E-state index in [0.717, 1.165) is 36.6 Å². The van der Waals surface area contributed by atoms with E-state index in [2.05, 4.69) is 22.5 Å². The van der Waals surface area contributed by atoms with Gasteiger partial charge >= 0.3 is 0 Å².